The average Bonchev–Trinajstić information content (AvgIpc) is 2.40. The van der Waals surface area contributed by atoms with Gasteiger partial charge in [0.25, 0.3) is 5.91 Å². The number of hydrogen-bond acceptors (Lipinski definition) is 3. The Hall–Kier alpha value is -2.04. The second kappa shape index (κ2) is 7.67. The first-order valence-electron chi connectivity index (χ1n) is 7.16. The molecule has 0 aliphatic heterocycles. The highest BCUT2D eigenvalue weighted by Gasteiger charge is 2.17. The molecule has 1 aromatic carbocycles. The van der Waals surface area contributed by atoms with Crippen molar-refractivity contribution < 1.29 is 19.4 Å². The predicted molar refractivity (Wildman–Crippen MR) is 80.7 cm³/mol. The highest BCUT2D eigenvalue weighted by Crippen LogP contribution is 2.20. The fourth-order valence-corrected chi connectivity index (χ4v) is 2.02. The van der Waals surface area contributed by atoms with Crippen molar-refractivity contribution in [2.24, 2.45) is 0 Å². The predicted octanol–water partition coefficient (Wildman–Crippen LogP) is 2.77. The molecule has 2 atom stereocenters. The number of rotatable bonds is 7. The lowest BCUT2D eigenvalue weighted by molar-refractivity contribution is -0.127. The Bertz CT molecular complexity index is 513. The summed E-state index contributed by atoms with van der Waals surface area (Å²) < 4.78 is 5.62. The molecule has 5 heteroatoms. The third-order valence-corrected chi connectivity index (χ3v) is 3.21. The van der Waals surface area contributed by atoms with Gasteiger partial charge in [0.05, 0.1) is 5.56 Å². The summed E-state index contributed by atoms with van der Waals surface area (Å²) in [4.78, 5) is 22.9. The monoisotopic (exact) mass is 293 g/mol. The van der Waals surface area contributed by atoms with E-state index >= 15 is 0 Å². The van der Waals surface area contributed by atoms with Gasteiger partial charge < -0.3 is 15.2 Å². The number of benzene rings is 1. The van der Waals surface area contributed by atoms with E-state index in [4.69, 9.17) is 9.84 Å². The lowest BCUT2D eigenvalue weighted by atomic mass is 10.1. The smallest absolute Gasteiger partial charge is 0.335 e. The van der Waals surface area contributed by atoms with Crippen molar-refractivity contribution in [2.75, 3.05) is 0 Å². The van der Waals surface area contributed by atoms with E-state index in [0.717, 1.165) is 12.8 Å². The molecule has 0 aliphatic rings. The lowest BCUT2D eigenvalue weighted by Crippen LogP contribution is -2.41. The highest BCUT2D eigenvalue weighted by atomic mass is 16.5. The van der Waals surface area contributed by atoms with E-state index in [1.807, 2.05) is 6.92 Å². The van der Waals surface area contributed by atoms with Gasteiger partial charge in [-0.2, -0.15) is 0 Å². The molecule has 0 fully saturated rings. The van der Waals surface area contributed by atoms with Crippen LogP contribution in [0.4, 0.5) is 0 Å². The fourth-order valence-electron chi connectivity index (χ4n) is 2.02. The van der Waals surface area contributed by atoms with Crippen molar-refractivity contribution in [1.82, 2.24) is 5.32 Å². The summed E-state index contributed by atoms with van der Waals surface area (Å²) >= 11 is 0. The Morgan fingerprint density at radius 2 is 2.00 bits per heavy atom. The minimum atomic E-state index is -0.983. The maximum Gasteiger partial charge on any atom is 0.335 e. The van der Waals surface area contributed by atoms with Gasteiger partial charge in [0.2, 0.25) is 0 Å². The Morgan fingerprint density at radius 1 is 1.33 bits per heavy atom. The van der Waals surface area contributed by atoms with Crippen LogP contribution in [0.3, 0.4) is 0 Å². The molecule has 1 rings (SSSR count). The van der Waals surface area contributed by atoms with Crippen molar-refractivity contribution in [3.05, 3.63) is 29.3 Å². The number of amides is 1. The second-order valence-electron chi connectivity index (χ2n) is 5.24. The average molecular weight is 293 g/mol. The molecule has 0 bridgehead atoms. The largest absolute Gasteiger partial charge is 0.481 e. The minimum absolute atomic E-state index is 0.115. The van der Waals surface area contributed by atoms with E-state index in [-0.39, 0.29) is 17.5 Å². The Kier molecular flexibility index (Phi) is 6.21. The van der Waals surface area contributed by atoms with E-state index < -0.39 is 12.1 Å². The van der Waals surface area contributed by atoms with Gasteiger partial charge in [-0.05, 0) is 51.0 Å². The summed E-state index contributed by atoms with van der Waals surface area (Å²) in [5, 5.41) is 11.8. The van der Waals surface area contributed by atoms with Gasteiger partial charge in [-0.3, -0.25) is 4.79 Å². The van der Waals surface area contributed by atoms with Gasteiger partial charge in [-0.1, -0.05) is 13.3 Å². The Labute approximate surface area is 125 Å². The van der Waals surface area contributed by atoms with Crippen molar-refractivity contribution in [3.63, 3.8) is 0 Å². The first-order chi connectivity index (χ1) is 9.85. The van der Waals surface area contributed by atoms with E-state index in [9.17, 15) is 9.59 Å². The molecule has 116 valence electrons. The minimum Gasteiger partial charge on any atom is -0.481 e. The molecular formula is C16H23NO4. The molecule has 0 saturated heterocycles. The summed E-state index contributed by atoms with van der Waals surface area (Å²) in [7, 11) is 0. The van der Waals surface area contributed by atoms with E-state index in [1.165, 1.54) is 12.1 Å². The van der Waals surface area contributed by atoms with Crippen LogP contribution in [0.2, 0.25) is 0 Å². The van der Waals surface area contributed by atoms with Crippen LogP contribution in [0.1, 0.15) is 49.5 Å². The Morgan fingerprint density at radius 3 is 2.52 bits per heavy atom. The standard InChI is InChI=1S/C16H23NO4/c1-5-6-11(3)17-15(18)12(4)21-14-8-7-13(16(19)20)9-10(14)2/h7-9,11-12H,5-6H2,1-4H3,(H,17,18)(H,19,20). The highest BCUT2D eigenvalue weighted by molar-refractivity contribution is 5.88. The quantitative estimate of drug-likeness (QED) is 0.810. The van der Waals surface area contributed by atoms with Crippen LogP contribution >= 0.6 is 0 Å². The molecule has 0 heterocycles. The SMILES string of the molecule is CCCC(C)NC(=O)C(C)Oc1ccc(C(=O)O)cc1C. The number of aromatic carboxylic acids is 1. The van der Waals surface area contributed by atoms with Crippen LogP contribution in [0, 0.1) is 6.92 Å². The van der Waals surface area contributed by atoms with E-state index in [1.54, 1.807) is 19.9 Å². The van der Waals surface area contributed by atoms with Crippen molar-refractivity contribution in [1.29, 1.82) is 0 Å². The molecule has 0 aromatic heterocycles. The fraction of sp³-hybridized carbons (Fsp3) is 0.500. The number of carbonyl (C=O) groups is 2. The molecule has 2 unspecified atom stereocenters. The number of nitrogens with one attached hydrogen (secondary N) is 1. The number of carboxylic acids is 1. The first-order valence-corrected chi connectivity index (χ1v) is 7.16. The molecule has 0 spiro atoms. The van der Waals surface area contributed by atoms with Gasteiger partial charge in [0.1, 0.15) is 5.75 Å². The van der Waals surface area contributed by atoms with Gasteiger partial charge in [0, 0.05) is 6.04 Å². The molecule has 2 N–H and O–H groups in total. The van der Waals surface area contributed by atoms with Gasteiger partial charge in [-0.25, -0.2) is 4.79 Å². The maximum atomic E-state index is 12.0. The number of hydrogen-bond donors (Lipinski definition) is 2. The van der Waals surface area contributed by atoms with Crippen LogP contribution in [-0.2, 0) is 4.79 Å². The van der Waals surface area contributed by atoms with Crippen molar-refractivity contribution >= 4 is 11.9 Å². The van der Waals surface area contributed by atoms with E-state index in [2.05, 4.69) is 12.2 Å². The number of aryl methyl sites for hydroxylation is 1. The first kappa shape index (κ1) is 17.0. The van der Waals surface area contributed by atoms with E-state index in [0.29, 0.717) is 11.3 Å². The maximum absolute atomic E-state index is 12.0. The van der Waals surface area contributed by atoms with Crippen LogP contribution in [0.15, 0.2) is 18.2 Å². The Balaban J connectivity index is 2.68. The summed E-state index contributed by atoms with van der Waals surface area (Å²) in [5.74, 6) is -0.632. The molecule has 5 nitrogen and oxygen atoms in total. The molecular weight excluding hydrogens is 270 g/mol. The van der Waals surface area contributed by atoms with Crippen LogP contribution < -0.4 is 10.1 Å². The van der Waals surface area contributed by atoms with Crippen LogP contribution in [0.25, 0.3) is 0 Å². The summed E-state index contributed by atoms with van der Waals surface area (Å²) in [6.45, 7) is 7.46. The normalized spacial score (nSPS) is 13.3. The van der Waals surface area contributed by atoms with Crippen LogP contribution in [-0.4, -0.2) is 29.1 Å². The number of ether oxygens (including phenoxy) is 1. The van der Waals surface area contributed by atoms with Crippen molar-refractivity contribution in [2.45, 2.75) is 52.7 Å². The third-order valence-electron chi connectivity index (χ3n) is 3.21. The third kappa shape index (κ3) is 5.10. The zero-order valence-corrected chi connectivity index (χ0v) is 13.0. The number of carbonyl (C=O) groups excluding carboxylic acids is 1. The topological polar surface area (TPSA) is 75.6 Å². The van der Waals surface area contributed by atoms with Crippen LogP contribution in [0.5, 0.6) is 5.75 Å². The molecule has 0 saturated carbocycles. The number of carboxylic acid groups (broad SMARTS) is 1. The zero-order valence-electron chi connectivity index (χ0n) is 13.0. The molecule has 0 radical (unpaired) electrons. The summed E-state index contributed by atoms with van der Waals surface area (Å²) in [6, 6.07) is 4.69. The summed E-state index contributed by atoms with van der Waals surface area (Å²) in [6.07, 6.45) is 1.30. The summed E-state index contributed by atoms with van der Waals surface area (Å²) in [5.41, 5.74) is 0.893. The molecule has 1 amide bonds. The van der Waals surface area contributed by atoms with Gasteiger partial charge in [0.15, 0.2) is 6.10 Å². The molecule has 21 heavy (non-hydrogen) atoms. The second-order valence-corrected chi connectivity index (χ2v) is 5.24. The molecule has 1 aromatic rings. The molecule has 0 aliphatic carbocycles. The lowest BCUT2D eigenvalue weighted by Gasteiger charge is -2.19. The van der Waals surface area contributed by atoms with Gasteiger partial charge >= 0.3 is 5.97 Å². The zero-order chi connectivity index (χ0) is 16.0. The van der Waals surface area contributed by atoms with Crippen molar-refractivity contribution in [3.8, 4) is 5.75 Å². The van der Waals surface area contributed by atoms with Gasteiger partial charge in [-0.15, -0.1) is 0 Å².